The third kappa shape index (κ3) is 4.14. The average Bonchev–Trinajstić information content (AvgIpc) is 2.88. The molecule has 2 rings (SSSR count). The summed E-state index contributed by atoms with van der Waals surface area (Å²) < 4.78 is 10.4. The average molecular weight is 308 g/mol. The van der Waals surface area contributed by atoms with Crippen molar-refractivity contribution in [3.8, 4) is 5.75 Å². The summed E-state index contributed by atoms with van der Waals surface area (Å²) >= 11 is 1.37. The number of nitrogens with one attached hydrogen (secondary N) is 1. The summed E-state index contributed by atoms with van der Waals surface area (Å²) in [5.41, 5.74) is 1.74. The third-order valence-corrected chi connectivity index (χ3v) is 3.99. The monoisotopic (exact) mass is 308 g/mol. The van der Waals surface area contributed by atoms with Crippen LogP contribution in [0, 0.1) is 0 Å². The second kappa shape index (κ2) is 7.36. The fourth-order valence-electron chi connectivity index (χ4n) is 1.80. The number of ether oxygens (including phenoxy) is 2. The largest absolute Gasteiger partial charge is 0.497 e. The molecule has 1 N–H and O–H groups in total. The first-order valence-electron chi connectivity index (χ1n) is 7.01. The number of thioether (sulfide) groups is 1. The molecule has 6 heteroatoms. The highest BCUT2D eigenvalue weighted by atomic mass is 32.2. The summed E-state index contributed by atoms with van der Waals surface area (Å²) in [5, 5.41) is 0.419. The van der Waals surface area contributed by atoms with Gasteiger partial charge < -0.3 is 14.5 Å². The molecule has 114 valence electrons. The Bertz CT molecular complexity index is 612. The van der Waals surface area contributed by atoms with Crippen LogP contribution in [0.2, 0.25) is 0 Å². The second-order valence-electron chi connectivity index (χ2n) is 4.71. The molecule has 2 aromatic rings. The van der Waals surface area contributed by atoms with Crippen molar-refractivity contribution in [3.05, 3.63) is 18.2 Å². The predicted molar refractivity (Wildman–Crippen MR) is 83.8 cm³/mol. The number of aromatic amines is 1. The van der Waals surface area contributed by atoms with E-state index < -0.39 is 0 Å². The van der Waals surface area contributed by atoms with Crippen LogP contribution >= 0.6 is 11.8 Å². The van der Waals surface area contributed by atoms with Crippen LogP contribution in [0.5, 0.6) is 5.75 Å². The lowest BCUT2D eigenvalue weighted by Crippen LogP contribution is -2.17. The van der Waals surface area contributed by atoms with Crippen molar-refractivity contribution in [1.29, 1.82) is 0 Å². The number of benzene rings is 1. The normalized spacial score (nSPS) is 12.3. The summed E-state index contributed by atoms with van der Waals surface area (Å²) in [5.74, 6) is 0.571. The molecule has 21 heavy (non-hydrogen) atoms. The van der Waals surface area contributed by atoms with Gasteiger partial charge in [0.2, 0.25) is 0 Å². The first-order valence-corrected chi connectivity index (χ1v) is 7.89. The van der Waals surface area contributed by atoms with Gasteiger partial charge in [-0.25, -0.2) is 4.98 Å². The van der Waals surface area contributed by atoms with Crippen molar-refractivity contribution < 1.29 is 14.3 Å². The highest BCUT2D eigenvalue weighted by molar-refractivity contribution is 8.00. The number of H-pyrrole nitrogens is 1. The van der Waals surface area contributed by atoms with E-state index >= 15 is 0 Å². The zero-order chi connectivity index (χ0) is 15.2. The molecule has 1 unspecified atom stereocenters. The van der Waals surface area contributed by atoms with Crippen LogP contribution in [-0.4, -0.2) is 34.9 Å². The van der Waals surface area contributed by atoms with E-state index in [0.717, 1.165) is 29.6 Å². The van der Waals surface area contributed by atoms with Crippen molar-refractivity contribution in [1.82, 2.24) is 9.97 Å². The van der Waals surface area contributed by atoms with Gasteiger partial charge in [0.1, 0.15) is 11.0 Å². The Morgan fingerprint density at radius 2 is 2.29 bits per heavy atom. The van der Waals surface area contributed by atoms with Crippen LogP contribution in [0.25, 0.3) is 11.0 Å². The van der Waals surface area contributed by atoms with Crippen LogP contribution in [0.1, 0.15) is 26.7 Å². The fourth-order valence-corrected chi connectivity index (χ4v) is 2.62. The summed E-state index contributed by atoms with van der Waals surface area (Å²) in [4.78, 5) is 19.5. The summed E-state index contributed by atoms with van der Waals surface area (Å²) in [6, 6.07) is 5.63. The molecule has 0 aliphatic heterocycles. The Hall–Kier alpha value is -1.69. The molecule has 1 heterocycles. The molecule has 1 aromatic heterocycles. The third-order valence-electron chi connectivity index (χ3n) is 3.03. The SMILES string of the molecule is CCCCOC(=O)C(C)Sc1nc2ccc(OC)cc2[nH]1. The lowest BCUT2D eigenvalue weighted by Gasteiger charge is -2.09. The maximum Gasteiger partial charge on any atom is 0.319 e. The lowest BCUT2D eigenvalue weighted by molar-refractivity contribution is -0.142. The van der Waals surface area contributed by atoms with Gasteiger partial charge in [0.25, 0.3) is 0 Å². The van der Waals surface area contributed by atoms with E-state index in [0.29, 0.717) is 11.8 Å². The molecule has 1 aromatic carbocycles. The highest BCUT2D eigenvalue weighted by Gasteiger charge is 2.18. The summed E-state index contributed by atoms with van der Waals surface area (Å²) in [6.07, 6.45) is 1.91. The molecule has 0 fully saturated rings. The number of carbonyl (C=O) groups excluding carboxylic acids is 1. The Kier molecular flexibility index (Phi) is 5.50. The first-order chi connectivity index (χ1) is 10.1. The number of methoxy groups -OCH3 is 1. The van der Waals surface area contributed by atoms with Gasteiger partial charge in [0.15, 0.2) is 5.16 Å². The number of hydrogen-bond donors (Lipinski definition) is 1. The second-order valence-corrected chi connectivity index (χ2v) is 6.04. The minimum Gasteiger partial charge on any atom is -0.497 e. The van der Waals surface area contributed by atoms with Gasteiger partial charge in [-0.05, 0) is 25.5 Å². The molecule has 0 radical (unpaired) electrons. The molecule has 0 spiro atoms. The van der Waals surface area contributed by atoms with E-state index in [1.807, 2.05) is 25.1 Å². The van der Waals surface area contributed by atoms with Gasteiger partial charge in [-0.3, -0.25) is 4.79 Å². The molecular formula is C15H20N2O3S. The molecule has 0 saturated heterocycles. The Morgan fingerprint density at radius 3 is 3.00 bits per heavy atom. The maximum atomic E-state index is 11.8. The standard InChI is InChI=1S/C15H20N2O3S/c1-4-5-8-20-14(18)10(2)21-15-16-12-7-6-11(19-3)9-13(12)17-15/h6-7,9-10H,4-5,8H2,1-3H3,(H,16,17). The van der Waals surface area contributed by atoms with Gasteiger partial charge in [-0.1, -0.05) is 25.1 Å². The van der Waals surface area contributed by atoms with Crippen LogP contribution in [0.3, 0.4) is 0 Å². The van der Waals surface area contributed by atoms with Gasteiger partial charge in [-0.2, -0.15) is 0 Å². The van der Waals surface area contributed by atoms with Crippen molar-refractivity contribution in [2.45, 2.75) is 37.1 Å². The van der Waals surface area contributed by atoms with Crippen LogP contribution in [-0.2, 0) is 9.53 Å². The van der Waals surface area contributed by atoms with Gasteiger partial charge >= 0.3 is 5.97 Å². The van der Waals surface area contributed by atoms with E-state index in [-0.39, 0.29) is 11.2 Å². The van der Waals surface area contributed by atoms with Crippen LogP contribution in [0.4, 0.5) is 0 Å². The Balaban J connectivity index is 2.00. The minimum atomic E-state index is -0.288. The van der Waals surface area contributed by atoms with Crippen LogP contribution < -0.4 is 4.74 Å². The predicted octanol–water partition coefficient (Wildman–Crippen LogP) is 3.40. The molecule has 5 nitrogen and oxygen atoms in total. The Labute approximate surface area is 128 Å². The summed E-state index contributed by atoms with van der Waals surface area (Å²) in [7, 11) is 1.63. The number of carbonyl (C=O) groups is 1. The fraction of sp³-hybridized carbons (Fsp3) is 0.467. The highest BCUT2D eigenvalue weighted by Crippen LogP contribution is 2.26. The maximum absolute atomic E-state index is 11.8. The number of unbranched alkanes of at least 4 members (excludes halogenated alkanes) is 1. The quantitative estimate of drug-likeness (QED) is 0.482. The van der Waals surface area contributed by atoms with E-state index in [1.165, 1.54) is 11.8 Å². The number of hydrogen-bond acceptors (Lipinski definition) is 5. The topological polar surface area (TPSA) is 64.2 Å². The zero-order valence-electron chi connectivity index (χ0n) is 12.5. The number of esters is 1. The molecule has 0 aliphatic rings. The van der Waals surface area contributed by atoms with Crippen molar-refractivity contribution in [2.24, 2.45) is 0 Å². The molecule has 0 saturated carbocycles. The molecule has 0 aliphatic carbocycles. The minimum absolute atomic E-state index is 0.202. The molecule has 0 amide bonds. The van der Waals surface area contributed by atoms with E-state index in [9.17, 15) is 4.79 Å². The number of aromatic nitrogens is 2. The first kappa shape index (κ1) is 15.7. The number of imidazole rings is 1. The van der Waals surface area contributed by atoms with Gasteiger partial charge in [0.05, 0.1) is 24.8 Å². The van der Waals surface area contributed by atoms with Crippen molar-refractivity contribution >= 4 is 28.8 Å². The van der Waals surface area contributed by atoms with Crippen molar-refractivity contribution in [2.75, 3.05) is 13.7 Å². The molecular weight excluding hydrogens is 288 g/mol. The number of fused-ring (bicyclic) bond motifs is 1. The van der Waals surface area contributed by atoms with E-state index in [4.69, 9.17) is 9.47 Å². The van der Waals surface area contributed by atoms with Crippen LogP contribution in [0.15, 0.2) is 23.4 Å². The molecule has 0 bridgehead atoms. The van der Waals surface area contributed by atoms with Crippen molar-refractivity contribution in [3.63, 3.8) is 0 Å². The smallest absolute Gasteiger partial charge is 0.319 e. The molecule has 1 atom stereocenters. The lowest BCUT2D eigenvalue weighted by atomic mass is 10.3. The Morgan fingerprint density at radius 1 is 1.48 bits per heavy atom. The number of nitrogens with zero attached hydrogens (tertiary/aromatic N) is 1. The van der Waals surface area contributed by atoms with E-state index in [2.05, 4.69) is 16.9 Å². The zero-order valence-corrected chi connectivity index (χ0v) is 13.3. The van der Waals surface area contributed by atoms with Gasteiger partial charge in [0, 0.05) is 6.07 Å². The van der Waals surface area contributed by atoms with E-state index in [1.54, 1.807) is 7.11 Å². The summed E-state index contributed by atoms with van der Waals surface area (Å²) in [6.45, 7) is 4.37. The number of rotatable bonds is 7. The van der Waals surface area contributed by atoms with Gasteiger partial charge in [-0.15, -0.1) is 0 Å².